The Bertz CT molecular complexity index is 622. The molecule has 0 spiro atoms. The van der Waals surface area contributed by atoms with Crippen LogP contribution < -0.4 is 10.1 Å². The van der Waals surface area contributed by atoms with Gasteiger partial charge in [-0.3, -0.25) is 0 Å². The van der Waals surface area contributed by atoms with Crippen molar-refractivity contribution in [2.45, 2.75) is 32.9 Å². The summed E-state index contributed by atoms with van der Waals surface area (Å²) in [5, 5.41) is 3.51. The van der Waals surface area contributed by atoms with E-state index >= 15 is 0 Å². The van der Waals surface area contributed by atoms with Gasteiger partial charge in [0.1, 0.15) is 5.75 Å². The van der Waals surface area contributed by atoms with E-state index in [9.17, 15) is 0 Å². The number of hydrogen-bond donors (Lipinski definition) is 1. The van der Waals surface area contributed by atoms with Crippen LogP contribution in [0.1, 0.15) is 29.2 Å². The zero-order valence-electron chi connectivity index (χ0n) is 12.3. The molecular formula is C18H20BrNO. The fraction of sp³-hybridized carbons (Fsp3) is 0.333. The van der Waals surface area contributed by atoms with E-state index in [0.717, 1.165) is 42.8 Å². The first-order valence-corrected chi connectivity index (χ1v) is 8.28. The summed E-state index contributed by atoms with van der Waals surface area (Å²) in [7, 11) is 0. The molecule has 1 aliphatic rings. The number of benzene rings is 2. The van der Waals surface area contributed by atoms with Gasteiger partial charge in [-0.2, -0.15) is 0 Å². The fourth-order valence-electron chi connectivity index (χ4n) is 2.71. The van der Waals surface area contributed by atoms with Crippen LogP contribution in [-0.4, -0.2) is 6.61 Å². The highest BCUT2D eigenvalue weighted by molar-refractivity contribution is 9.10. The molecule has 1 aliphatic heterocycles. The first-order chi connectivity index (χ1) is 10.3. The van der Waals surface area contributed by atoms with Crippen molar-refractivity contribution in [1.29, 1.82) is 0 Å². The molecule has 0 radical (unpaired) electrons. The molecule has 0 aromatic heterocycles. The highest BCUT2D eigenvalue weighted by atomic mass is 79.9. The monoisotopic (exact) mass is 345 g/mol. The maximum absolute atomic E-state index is 5.76. The van der Waals surface area contributed by atoms with E-state index in [2.05, 4.69) is 64.6 Å². The van der Waals surface area contributed by atoms with Gasteiger partial charge >= 0.3 is 0 Å². The van der Waals surface area contributed by atoms with Crippen LogP contribution in [0, 0.1) is 0 Å². The molecule has 0 amide bonds. The first-order valence-electron chi connectivity index (χ1n) is 7.49. The lowest BCUT2D eigenvalue weighted by molar-refractivity contribution is 0.352. The lowest BCUT2D eigenvalue weighted by Crippen LogP contribution is -2.13. The van der Waals surface area contributed by atoms with E-state index in [1.54, 1.807) is 0 Å². The highest BCUT2D eigenvalue weighted by Crippen LogP contribution is 2.32. The smallest absolute Gasteiger partial charge is 0.127 e. The van der Waals surface area contributed by atoms with Crippen LogP contribution in [0.4, 0.5) is 0 Å². The number of aryl methyl sites for hydroxylation is 1. The summed E-state index contributed by atoms with van der Waals surface area (Å²) >= 11 is 3.59. The summed E-state index contributed by atoms with van der Waals surface area (Å²) in [6.07, 6.45) is 2.11. The molecule has 0 saturated carbocycles. The van der Waals surface area contributed by atoms with Gasteiger partial charge in [0.25, 0.3) is 0 Å². The lowest BCUT2D eigenvalue weighted by atomic mass is 10.1. The number of hydrogen-bond acceptors (Lipinski definition) is 2. The Kier molecular flexibility index (Phi) is 4.61. The molecule has 110 valence electrons. The van der Waals surface area contributed by atoms with Crippen molar-refractivity contribution in [3.8, 4) is 5.75 Å². The predicted molar refractivity (Wildman–Crippen MR) is 89.7 cm³/mol. The maximum Gasteiger partial charge on any atom is 0.127 e. The van der Waals surface area contributed by atoms with Crippen molar-refractivity contribution >= 4 is 15.9 Å². The predicted octanol–water partition coefficient (Wildman–Crippen LogP) is 4.24. The van der Waals surface area contributed by atoms with Crippen molar-refractivity contribution in [3.05, 3.63) is 63.1 Å². The standard InChI is InChI=1S/C18H20BrNO/c1-2-13-3-5-14(6-4-13)11-20-12-16-10-17(19)9-15-7-8-21-18(15)16/h3-6,9-10,20H,2,7-8,11-12H2,1H3. The minimum absolute atomic E-state index is 0.803. The number of fused-ring (bicyclic) bond motifs is 1. The number of ether oxygens (including phenoxy) is 1. The fourth-order valence-corrected chi connectivity index (χ4v) is 3.26. The van der Waals surface area contributed by atoms with Crippen molar-refractivity contribution < 1.29 is 4.74 Å². The molecule has 21 heavy (non-hydrogen) atoms. The van der Waals surface area contributed by atoms with Gasteiger partial charge in [0.05, 0.1) is 6.61 Å². The Labute approximate surface area is 134 Å². The number of rotatable bonds is 5. The van der Waals surface area contributed by atoms with Crippen molar-refractivity contribution in [3.63, 3.8) is 0 Å². The third-order valence-corrected chi connectivity index (χ3v) is 4.36. The Hall–Kier alpha value is -1.32. The van der Waals surface area contributed by atoms with Gasteiger partial charge in [-0.1, -0.05) is 47.1 Å². The second-order valence-electron chi connectivity index (χ2n) is 5.43. The molecule has 2 aromatic rings. The van der Waals surface area contributed by atoms with E-state index in [-0.39, 0.29) is 0 Å². The van der Waals surface area contributed by atoms with Crippen molar-refractivity contribution in [2.24, 2.45) is 0 Å². The van der Waals surface area contributed by atoms with Gasteiger partial charge < -0.3 is 10.1 Å². The van der Waals surface area contributed by atoms with Gasteiger partial charge in [0.15, 0.2) is 0 Å². The van der Waals surface area contributed by atoms with Crippen LogP contribution in [0.3, 0.4) is 0 Å². The molecule has 0 bridgehead atoms. The van der Waals surface area contributed by atoms with E-state index in [4.69, 9.17) is 4.74 Å². The molecule has 0 fully saturated rings. The number of nitrogens with one attached hydrogen (secondary N) is 1. The maximum atomic E-state index is 5.76. The van der Waals surface area contributed by atoms with Crippen LogP contribution in [0.2, 0.25) is 0 Å². The minimum atomic E-state index is 0.803. The topological polar surface area (TPSA) is 21.3 Å². The summed E-state index contributed by atoms with van der Waals surface area (Å²) in [5.74, 6) is 1.08. The zero-order valence-corrected chi connectivity index (χ0v) is 13.9. The molecule has 0 atom stereocenters. The second-order valence-corrected chi connectivity index (χ2v) is 6.34. The summed E-state index contributed by atoms with van der Waals surface area (Å²) in [5.41, 5.74) is 5.26. The van der Waals surface area contributed by atoms with Crippen LogP contribution in [0.25, 0.3) is 0 Å². The van der Waals surface area contributed by atoms with Crippen LogP contribution in [0.15, 0.2) is 40.9 Å². The van der Waals surface area contributed by atoms with Crippen LogP contribution in [0.5, 0.6) is 5.75 Å². The van der Waals surface area contributed by atoms with E-state index in [1.165, 1.54) is 22.3 Å². The summed E-state index contributed by atoms with van der Waals surface area (Å²) < 4.78 is 6.89. The average Bonchev–Trinajstić information content (AvgIpc) is 2.96. The summed E-state index contributed by atoms with van der Waals surface area (Å²) in [6, 6.07) is 13.1. The molecule has 0 unspecified atom stereocenters. The quantitative estimate of drug-likeness (QED) is 0.875. The van der Waals surface area contributed by atoms with E-state index in [0.29, 0.717) is 0 Å². The zero-order chi connectivity index (χ0) is 14.7. The van der Waals surface area contributed by atoms with Crippen molar-refractivity contribution in [2.75, 3.05) is 6.61 Å². The molecule has 3 heteroatoms. The summed E-state index contributed by atoms with van der Waals surface area (Å²) in [4.78, 5) is 0. The minimum Gasteiger partial charge on any atom is -0.493 e. The summed E-state index contributed by atoms with van der Waals surface area (Å²) in [6.45, 7) is 4.70. The van der Waals surface area contributed by atoms with E-state index in [1.807, 2.05) is 0 Å². The molecule has 1 N–H and O–H groups in total. The van der Waals surface area contributed by atoms with Gasteiger partial charge in [0.2, 0.25) is 0 Å². The lowest BCUT2D eigenvalue weighted by Gasteiger charge is -2.10. The Morgan fingerprint density at radius 3 is 2.62 bits per heavy atom. The normalized spacial score (nSPS) is 13.0. The van der Waals surface area contributed by atoms with Crippen LogP contribution in [-0.2, 0) is 25.9 Å². The first kappa shape index (κ1) is 14.6. The molecule has 1 heterocycles. The molecule has 2 aromatic carbocycles. The molecule has 0 saturated heterocycles. The number of halogens is 1. The SMILES string of the molecule is CCc1ccc(CNCc2cc(Br)cc3c2OCC3)cc1. The van der Waals surface area contributed by atoms with Gasteiger partial charge in [0, 0.05) is 29.5 Å². The largest absolute Gasteiger partial charge is 0.493 e. The Balaban J connectivity index is 1.63. The third kappa shape index (κ3) is 3.47. The molecule has 0 aliphatic carbocycles. The molecule has 3 rings (SSSR count). The van der Waals surface area contributed by atoms with Gasteiger partial charge in [-0.25, -0.2) is 0 Å². The second kappa shape index (κ2) is 6.63. The Morgan fingerprint density at radius 2 is 1.86 bits per heavy atom. The van der Waals surface area contributed by atoms with Crippen LogP contribution >= 0.6 is 15.9 Å². The molecule has 2 nitrogen and oxygen atoms in total. The molecular weight excluding hydrogens is 326 g/mol. The van der Waals surface area contributed by atoms with Crippen molar-refractivity contribution in [1.82, 2.24) is 5.32 Å². The van der Waals surface area contributed by atoms with E-state index < -0.39 is 0 Å². The highest BCUT2D eigenvalue weighted by Gasteiger charge is 2.16. The average molecular weight is 346 g/mol. The van der Waals surface area contributed by atoms with Gasteiger partial charge in [-0.05, 0) is 35.2 Å². The third-order valence-electron chi connectivity index (χ3n) is 3.90. The van der Waals surface area contributed by atoms with Gasteiger partial charge in [-0.15, -0.1) is 0 Å². The Morgan fingerprint density at radius 1 is 1.10 bits per heavy atom.